The Morgan fingerprint density at radius 2 is 1.67 bits per heavy atom. The molecule has 12 heteroatoms. The average molecular weight is 821 g/mol. The first-order valence-electron chi connectivity index (χ1n) is 21.5. The van der Waals surface area contributed by atoms with E-state index in [-0.39, 0.29) is 46.1 Å². The molecule has 316 valence electrons. The molecule has 3 aliphatic rings. The number of hydrogen-bond donors (Lipinski definition) is 4. The lowest BCUT2D eigenvalue weighted by molar-refractivity contribution is -0.134. The lowest BCUT2D eigenvalue weighted by Crippen LogP contribution is -2.50. The molecule has 1 saturated carbocycles. The molecule has 5 aromatic rings. The number of carbonyl (C=O) groups is 3. The molecule has 3 amide bonds. The fourth-order valence-electron chi connectivity index (χ4n) is 9.17. The van der Waals surface area contributed by atoms with Gasteiger partial charge in [-0.1, -0.05) is 93.5 Å². The van der Waals surface area contributed by atoms with Gasteiger partial charge in [0.05, 0.1) is 17.7 Å². The second kappa shape index (κ2) is 16.5. The van der Waals surface area contributed by atoms with E-state index in [0.29, 0.717) is 47.6 Å². The number of amides is 3. The number of nitrogen functional groups attached to an aromatic ring is 1. The predicted octanol–water partition coefficient (Wildman–Crippen LogP) is 8.05. The Hall–Kier alpha value is -6.01. The van der Waals surface area contributed by atoms with Crippen LogP contribution in [0.4, 0.5) is 5.82 Å². The van der Waals surface area contributed by atoms with Gasteiger partial charge in [-0.15, -0.1) is 0 Å². The van der Waals surface area contributed by atoms with Gasteiger partial charge in [-0.2, -0.15) is 4.98 Å². The van der Waals surface area contributed by atoms with Crippen LogP contribution in [0.15, 0.2) is 83.5 Å². The number of likely N-dealkylation sites (tertiary alicyclic amines) is 1. The summed E-state index contributed by atoms with van der Waals surface area (Å²) in [6.07, 6.45) is 7.25. The normalized spacial score (nSPS) is 21.0. The van der Waals surface area contributed by atoms with Crippen molar-refractivity contribution in [3.05, 3.63) is 130 Å². The minimum Gasteiger partial charge on any atom is -0.383 e. The molecule has 1 unspecified atom stereocenters. The first kappa shape index (κ1) is 41.7. The van der Waals surface area contributed by atoms with Crippen molar-refractivity contribution in [3.63, 3.8) is 0 Å². The number of hydrogen-bond acceptors (Lipinski definition) is 10. The van der Waals surface area contributed by atoms with Gasteiger partial charge in [-0.3, -0.25) is 25.1 Å². The van der Waals surface area contributed by atoms with E-state index >= 15 is 0 Å². The molecule has 12 nitrogen and oxygen atoms in total. The standard InChI is InChI=1S/C49H56N8O4/c1-28-23-33(13-16-38(28)29(2)53-46(60)44-55-47(61-56-44)48(3,4)5)42(50)40-26-35(27-52-43(40)51)31-11-14-36(15-12-31)49(6)19-21-57(22-20-49)37-24-34(25-37)30-7-9-32(10-8-30)39-17-18-41(58)54-45(39)59/h7-16,23,26-27,29,34,37,39,50H,17-22,24-25H2,1-6H3,(H2,51,52)(H,53,60)(H,54,58,59)/t29-,34?,37?,39?/m1/s1. The van der Waals surface area contributed by atoms with Crippen LogP contribution in [0.1, 0.15) is 146 Å². The number of aromatic nitrogens is 3. The topological polar surface area (TPSA) is 180 Å². The van der Waals surface area contributed by atoms with Crippen LogP contribution >= 0.6 is 0 Å². The average Bonchev–Trinajstić information content (AvgIpc) is 3.74. The highest BCUT2D eigenvalue weighted by Gasteiger charge is 2.39. The second-order valence-corrected chi connectivity index (χ2v) is 18.6. The monoisotopic (exact) mass is 820 g/mol. The van der Waals surface area contributed by atoms with Gasteiger partial charge in [0.25, 0.3) is 11.7 Å². The molecular weight excluding hydrogens is 765 g/mol. The predicted molar refractivity (Wildman–Crippen MR) is 236 cm³/mol. The number of nitrogens with zero attached hydrogens (tertiary/aromatic N) is 4. The molecule has 4 heterocycles. The third-order valence-corrected chi connectivity index (χ3v) is 13.3. The maximum absolute atomic E-state index is 12.9. The van der Waals surface area contributed by atoms with E-state index in [4.69, 9.17) is 15.7 Å². The van der Waals surface area contributed by atoms with E-state index in [1.807, 2.05) is 58.9 Å². The highest BCUT2D eigenvalue weighted by molar-refractivity contribution is 6.14. The Balaban J connectivity index is 0.856. The van der Waals surface area contributed by atoms with Crippen molar-refractivity contribution in [3.8, 4) is 11.1 Å². The van der Waals surface area contributed by atoms with E-state index in [2.05, 4.69) is 86.1 Å². The SMILES string of the molecule is Cc1cc(C(=N)c2cc(-c3ccc(C4(C)CCN(C5CC(c6ccc(C7CCC(=O)NC7=O)cc6)C5)CC4)cc3)cnc2N)ccc1[C@@H](C)NC(=O)c1noc(C(C)(C)C)n1. The van der Waals surface area contributed by atoms with Crippen molar-refractivity contribution < 1.29 is 18.9 Å². The number of piperidine rings is 2. The first-order valence-corrected chi connectivity index (χ1v) is 21.5. The largest absolute Gasteiger partial charge is 0.383 e. The summed E-state index contributed by atoms with van der Waals surface area (Å²) in [6.45, 7) is 14.2. The maximum atomic E-state index is 12.9. The molecule has 61 heavy (non-hydrogen) atoms. The van der Waals surface area contributed by atoms with Crippen LogP contribution in [-0.2, 0) is 20.4 Å². The smallest absolute Gasteiger partial charge is 0.293 e. The van der Waals surface area contributed by atoms with Gasteiger partial charge >= 0.3 is 0 Å². The van der Waals surface area contributed by atoms with Crippen LogP contribution in [0, 0.1) is 12.3 Å². The highest BCUT2D eigenvalue weighted by Crippen LogP contribution is 2.44. The van der Waals surface area contributed by atoms with Gasteiger partial charge in [0.15, 0.2) is 0 Å². The summed E-state index contributed by atoms with van der Waals surface area (Å²) in [6, 6.07) is 25.3. The summed E-state index contributed by atoms with van der Waals surface area (Å²) in [5, 5.41) is 18.5. The van der Waals surface area contributed by atoms with Crippen LogP contribution < -0.4 is 16.4 Å². The van der Waals surface area contributed by atoms with Crippen molar-refractivity contribution >= 4 is 29.3 Å². The van der Waals surface area contributed by atoms with Crippen molar-refractivity contribution in [2.75, 3.05) is 18.8 Å². The number of carbonyl (C=O) groups excluding carboxylic acids is 3. The quantitative estimate of drug-likeness (QED) is 0.0801. The van der Waals surface area contributed by atoms with Gasteiger partial charge in [-0.05, 0) is 116 Å². The number of anilines is 1. The van der Waals surface area contributed by atoms with E-state index in [0.717, 1.165) is 66.6 Å². The van der Waals surface area contributed by atoms with Crippen LogP contribution in [0.3, 0.4) is 0 Å². The Morgan fingerprint density at radius 3 is 2.31 bits per heavy atom. The van der Waals surface area contributed by atoms with Crippen LogP contribution in [-0.4, -0.2) is 62.6 Å². The minimum atomic E-state index is -0.417. The fraction of sp³-hybridized carbons (Fsp3) is 0.408. The zero-order valence-electron chi connectivity index (χ0n) is 36.0. The van der Waals surface area contributed by atoms with E-state index in [9.17, 15) is 14.4 Å². The zero-order valence-corrected chi connectivity index (χ0v) is 36.0. The second-order valence-electron chi connectivity index (χ2n) is 18.6. The number of aryl methyl sites for hydroxylation is 1. The molecule has 0 bridgehead atoms. The van der Waals surface area contributed by atoms with Crippen molar-refractivity contribution in [1.29, 1.82) is 5.41 Å². The summed E-state index contributed by atoms with van der Waals surface area (Å²) in [4.78, 5) is 48.3. The third kappa shape index (κ3) is 8.64. The molecule has 2 aromatic heterocycles. The summed E-state index contributed by atoms with van der Waals surface area (Å²) in [5.74, 6) is 0.213. The summed E-state index contributed by atoms with van der Waals surface area (Å²) < 4.78 is 5.30. The fourth-order valence-corrected chi connectivity index (χ4v) is 9.17. The van der Waals surface area contributed by atoms with Crippen molar-refractivity contribution in [2.45, 2.75) is 115 Å². The number of benzene rings is 3. The van der Waals surface area contributed by atoms with E-state index in [1.54, 1.807) is 6.20 Å². The summed E-state index contributed by atoms with van der Waals surface area (Å²) in [7, 11) is 0. The van der Waals surface area contributed by atoms with Gasteiger partial charge < -0.3 is 20.5 Å². The molecule has 2 aliphatic heterocycles. The summed E-state index contributed by atoms with van der Waals surface area (Å²) in [5.41, 5.74) is 15.0. The minimum absolute atomic E-state index is 0.00460. The van der Waals surface area contributed by atoms with Gasteiger partial charge in [0.1, 0.15) is 5.82 Å². The molecule has 3 aromatic carbocycles. The highest BCUT2D eigenvalue weighted by atomic mass is 16.5. The van der Waals surface area contributed by atoms with Gasteiger partial charge in [0.2, 0.25) is 17.7 Å². The Bertz CT molecular complexity index is 2470. The third-order valence-electron chi connectivity index (χ3n) is 13.3. The Labute approximate surface area is 357 Å². The number of nitrogens with one attached hydrogen (secondary N) is 3. The molecule has 8 rings (SSSR count). The Morgan fingerprint density at radius 1 is 0.984 bits per heavy atom. The van der Waals surface area contributed by atoms with Gasteiger partial charge in [-0.25, -0.2) is 4.98 Å². The first-order chi connectivity index (χ1) is 29.1. The number of pyridine rings is 1. The van der Waals surface area contributed by atoms with E-state index < -0.39 is 5.91 Å². The van der Waals surface area contributed by atoms with E-state index in [1.165, 1.54) is 11.1 Å². The number of rotatable bonds is 10. The van der Waals surface area contributed by atoms with Crippen LogP contribution in [0.25, 0.3) is 11.1 Å². The van der Waals surface area contributed by atoms with Crippen LogP contribution in [0.2, 0.25) is 0 Å². The lowest BCUT2D eigenvalue weighted by atomic mass is 9.71. The molecule has 2 atom stereocenters. The summed E-state index contributed by atoms with van der Waals surface area (Å²) >= 11 is 0. The van der Waals surface area contributed by atoms with Crippen molar-refractivity contribution in [1.82, 2.24) is 30.7 Å². The van der Waals surface area contributed by atoms with Crippen molar-refractivity contribution in [2.24, 2.45) is 0 Å². The lowest BCUT2D eigenvalue weighted by Gasteiger charge is -2.48. The molecule has 5 N–H and O–H groups in total. The molecular formula is C49H56N8O4. The van der Waals surface area contributed by atoms with Gasteiger partial charge in [0, 0.05) is 40.8 Å². The number of imide groups is 1. The Kier molecular flexibility index (Phi) is 11.3. The molecule has 3 fully saturated rings. The number of nitrogens with two attached hydrogens (primary N) is 1. The van der Waals surface area contributed by atoms with Crippen LogP contribution in [0.5, 0.6) is 0 Å². The molecule has 2 saturated heterocycles. The zero-order chi connectivity index (χ0) is 43.2. The molecule has 0 spiro atoms. The molecule has 1 aliphatic carbocycles. The maximum Gasteiger partial charge on any atom is 0.293 e. The molecule has 0 radical (unpaired) electrons.